The summed E-state index contributed by atoms with van der Waals surface area (Å²) in [4.78, 5) is 0. The van der Waals surface area contributed by atoms with Crippen molar-refractivity contribution in [3.63, 3.8) is 0 Å². The Hall–Kier alpha value is -1.34. The number of hydrogen-bond donors (Lipinski definition) is 1. The van der Waals surface area contributed by atoms with Gasteiger partial charge in [0, 0.05) is 26.2 Å². The van der Waals surface area contributed by atoms with Gasteiger partial charge in [-0.2, -0.15) is 5.10 Å². The van der Waals surface area contributed by atoms with Crippen molar-refractivity contribution in [3.05, 3.63) is 56.6 Å². The number of aryl methyl sites for hydroxylation is 1. The van der Waals surface area contributed by atoms with E-state index in [1.54, 1.807) is 4.68 Å². The van der Waals surface area contributed by atoms with Gasteiger partial charge < -0.3 is 5.73 Å². The van der Waals surface area contributed by atoms with E-state index in [9.17, 15) is 0 Å². The van der Waals surface area contributed by atoms with Crippen molar-refractivity contribution >= 4 is 44.3 Å². The molecule has 0 atom stereocenters. The first kappa shape index (κ1) is 14.6. The van der Waals surface area contributed by atoms with Crippen molar-refractivity contribution in [2.75, 3.05) is 5.73 Å². The lowest BCUT2D eigenvalue weighted by Gasteiger charge is -2.07. The number of aromatic nitrogens is 2. The van der Waals surface area contributed by atoms with Crippen molar-refractivity contribution in [2.24, 2.45) is 7.05 Å². The Morgan fingerprint density at radius 1 is 1.14 bits per heavy atom. The summed E-state index contributed by atoms with van der Waals surface area (Å²) in [6, 6.07) is 16.3. The van der Waals surface area contributed by atoms with Gasteiger partial charge in [-0.15, -0.1) is 0 Å². The summed E-state index contributed by atoms with van der Waals surface area (Å²) in [5.74, 6) is 0.663. The van der Waals surface area contributed by atoms with Gasteiger partial charge in [-0.25, -0.2) is 0 Å². The van der Waals surface area contributed by atoms with Gasteiger partial charge in [0.1, 0.15) is 11.5 Å². The van der Waals surface area contributed by atoms with Gasteiger partial charge in [0.2, 0.25) is 0 Å². The lowest BCUT2D eigenvalue weighted by atomic mass is 10.0. The average Bonchev–Trinajstić information content (AvgIpc) is 2.76. The summed E-state index contributed by atoms with van der Waals surface area (Å²) in [5.41, 5.74) is 10.2. The molecule has 1 aromatic heterocycles. The summed E-state index contributed by atoms with van der Waals surface area (Å²) < 4.78 is 3.91. The third kappa shape index (κ3) is 2.72. The van der Waals surface area contributed by atoms with Crippen LogP contribution in [0.3, 0.4) is 0 Å². The molecule has 0 saturated carbocycles. The zero-order valence-corrected chi connectivity index (χ0v) is 15.1. The molecule has 106 valence electrons. The van der Waals surface area contributed by atoms with Crippen LogP contribution < -0.4 is 5.73 Å². The Balaban J connectivity index is 2.29. The first-order valence-corrected chi connectivity index (χ1v) is 8.28. The molecule has 0 fully saturated rings. The number of halogens is 2. The molecule has 1 heterocycles. The first-order valence-electron chi connectivity index (χ1n) is 6.41. The fourth-order valence-corrected chi connectivity index (χ4v) is 3.33. The molecule has 2 N–H and O–H groups in total. The molecule has 0 unspecified atom stereocenters. The van der Waals surface area contributed by atoms with E-state index in [1.165, 1.54) is 3.57 Å². The zero-order valence-electron chi connectivity index (χ0n) is 11.3. The molecule has 0 saturated heterocycles. The Morgan fingerprint density at radius 3 is 2.62 bits per heavy atom. The smallest absolute Gasteiger partial charge is 0.129 e. The quantitative estimate of drug-likeness (QED) is 0.571. The van der Waals surface area contributed by atoms with E-state index in [2.05, 4.69) is 67.9 Å². The van der Waals surface area contributed by atoms with Gasteiger partial charge in [-0.3, -0.25) is 4.68 Å². The largest absolute Gasteiger partial charge is 0.383 e. The van der Waals surface area contributed by atoms with Crippen molar-refractivity contribution in [1.82, 2.24) is 9.78 Å². The number of rotatable bonds is 2. The second-order valence-electron chi connectivity index (χ2n) is 4.72. The van der Waals surface area contributed by atoms with Crippen molar-refractivity contribution < 1.29 is 0 Å². The summed E-state index contributed by atoms with van der Waals surface area (Å²) in [5, 5.41) is 4.61. The fourth-order valence-electron chi connectivity index (χ4n) is 2.30. The molecule has 0 aliphatic carbocycles. The zero-order chi connectivity index (χ0) is 15.0. The SMILES string of the molecule is Cn1nc(-c2cccc(I)c2)c(-c2ccccc2Br)c1N. The molecule has 5 heteroatoms. The fraction of sp³-hybridized carbons (Fsp3) is 0.0625. The lowest BCUT2D eigenvalue weighted by Crippen LogP contribution is -1.98. The van der Waals surface area contributed by atoms with Gasteiger partial charge in [0.05, 0.1) is 5.56 Å². The van der Waals surface area contributed by atoms with Crippen LogP contribution in [0.5, 0.6) is 0 Å². The van der Waals surface area contributed by atoms with E-state index in [0.717, 1.165) is 26.9 Å². The Kier molecular flexibility index (Phi) is 4.03. The topological polar surface area (TPSA) is 43.8 Å². The van der Waals surface area contributed by atoms with Crippen LogP contribution in [0.15, 0.2) is 53.0 Å². The molecule has 0 bridgehead atoms. The van der Waals surface area contributed by atoms with Gasteiger partial charge in [0.15, 0.2) is 0 Å². The minimum Gasteiger partial charge on any atom is -0.383 e. The van der Waals surface area contributed by atoms with E-state index in [4.69, 9.17) is 5.73 Å². The van der Waals surface area contributed by atoms with Gasteiger partial charge in [-0.05, 0) is 40.8 Å². The molecule has 3 rings (SSSR count). The molecule has 2 aromatic carbocycles. The summed E-state index contributed by atoms with van der Waals surface area (Å²) in [6.07, 6.45) is 0. The standard InChI is InChI=1S/C16H13BrIN3/c1-21-16(19)14(12-7-2-3-8-13(12)17)15(20-21)10-5-4-6-11(18)9-10/h2-9H,19H2,1H3. The minimum atomic E-state index is 0.663. The maximum Gasteiger partial charge on any atom is 0.129 e. The minimum absolute atomic E-state index is 0.663. The van der Waals surface area contributed by atoms with Crippen LogP contribution in [0.1, 0.15) is 0 Å². The molecule has 0 aliphatic rings. The Bertz CT molecular complexity index is 811. The first-order chi connectivity index (χ1) is 10.1. The summed E-state index contributed by atoms with van der Waals surface area (Å²) >= 11 is 5.91. The highest BCUT2D eigenvalue weighted by molar-refractivity contribution is 14.1. The lowest BCUT2D eigenvalue weighted by molar-refractivity contribution is 0.782. The van der Waals surface area contributed by atoms with Gasteiger partial charge in [-0.1, -0.05) is 46.3 Å². The van der Waals surface area contributed by atoms with Crippen molar-refractivity contribution in [2.45, 2.75) is 0 Å². The summed E-state index contributed by atoms with van der Waals surface area (Å²) in [7, 11) is 1.87. The number of nitrogen functional groups attached to an aromatic ring is 1. The maximum atomic E-state index is 6.26. The average molecular weight is 454 g/mol. The van der Waals surface area contributed by atoms with Crippen LogP contribution in [0.25, 0.3) is 22.4 Å². The number of anilines is 1. The van der Waals surface area contributed by atoms with Crippen LogP contribution in [0.2, 0.25) is 0 Å². The van der Waals surface area contributed by atoms with E-state index >= 15 is 0 Å². The van der Waals surface area contributed by atoms with Crippen LogP contribution in [0.4, 0.5) is 5.82 Å². The monoisotopic (exact) mass is 453 g/mol. The van der Waals surface area contributed by atoms with Gasteiger partial charge in [0.25, 0.3) is 0 Å². The number of nitrogens with zero attached hydrogens (tertiary/aromatic N) is 2. The number of hydrogen-bond acceptors (Lipinski definition) is 2. The molecule has 0 amide bonds. The van der Waals surface area contributed by atoms with Crippen LogP contribution in [-0.2, 0) is 7.05 Å². The molecule has 0 spiro atoms. The van der Waals surface area contributed by atoms with Crippen LogP contribution in [-0.4, -0.2) is 9.78 Å². The predicted molar refractivity (Wildman–Crippen MR) is 98.9 cm³/mol. The van der Waals surface area contributed by atoms with E-state index in [-0.39, 0.29) is 0 Å². The normalized spacial score (nSPS) is 10.8. The predicted octanol–water partition coefficient (Wildman–Crippen LogP) is 4.70. The van der Waals surface area contributed by atoms with Crippen molar-refractivity contribution in [3.8, 4) is 22.4 Å². The highest BCUT2D eigenvalue weighted by atomic mass is 127. The molecule has 3 aromatic rings. The third-order valence-corrected chi connectivity index (χ3v) is 4.70. The molecule has 3 nitrogen and oxygen atoms in total. The molecular weight excluding hydrogens is 441 g/mol. The van der Waals surface area contributed by atoms with Gasteiger partial charge >= 0.3 is 0 Å². The molecule has 21 heavy (non-hydrogen) atoms. The maximum absolute atomic E-state index is 6.26. The Labute approximate surface area is 145 Å². The summed E-state index contributed by atoms with van der Waals surface area (Å²) in [6.45, 7) is 0. The second kappa shape index (κ2) is 5.81. The van der Waals surface area contributed by atoms with E-state index in [0.29, 0.717) is 5.82 Å². The third-order valence-electron chi connectivity index (χ3n) is 3.33. The van der Waals surface area contributed by atoms with Crippen molar-refractivity contribution in [1.29, 1.82) is 0 Å². The van der Waals surface area contributed by atoms with Crippen LogP contribution >= 0.6 is 38.5 Å². The number of benzene rings is 2. The molecular formula is C16H13BrIN3. The highest BCUT2D eigenvalue weighted by Gasteiger charge is 2.19. The second-order valence-corrected chi connectivity index (χ2v) is 6.82. The van der Waals surface area contributed by atoms with E-state index in [1.807, 2.05) is 31.3 Å². The molecule has 0 radical (unpaired) electrons. The van der Waals surface area contributed by atoms with E-state index < -0.39 is 0 Å². The Morgan fingerprint density at radius 2 is 1.90 bits per heavy atom. The molecule has 0 aliphatic heterocycles. The number of nitrogens with two attached hydrogens (primary N) is 1. The highest BCUT2D eigenvalue weighted by Crippen LogP contribution is 2.39. The van der Waals surface area contributed by atoms with Crippen LogP contribution in [0, 0.1) is 3.57 Å².